The van der Waals surface area contributed by atoms with Crippen LogP contribution in [0, 0.1) is 6.92 Å². The normalized spacial score (nSPS) is 11.7. The summed E-state index contributed by atoms with van der Waals surface area (Å²) < 4.78 is 30.6. The third-order valence-electron chi connectivity index (χ3n) is 3.78. The second kappa shape index (κ2) is 7.79. The van der Waals surface area contributed by atoms with E-state index in [1.807, 2.05) is 13.8 Å². The molecule has 2 aromatic rings. The highest BCUT2D eigenvalue weighted by atomic mass is 32.2. The molecular formula is C17H23N3O4S. The van der Waals surface area contributed by atoms with Gasteiger partial charge < -0.3 is 9.84 Å². The van der Waals surface area contributed by atoms with Crippen molar-refractivity contribution in [2.45, 2.75) is 39.0 Å². The highest BCUT2D eigenvalue weighted by Gasteiger charge is 2.22. The van der Waals surface area contributed by atoms with E-state index in [1.165, 1.54) is 7.05 Å². The maximum atomic E-state index is 12.4. The molecule has 7 nitrogen and oxygen atoms in total. The second-order valence-electron chi connectivity index (χ2n) is 6.12. The summed E-state index contributed by atoms with van der Waals surface area (Å²) in [6, 6.07) is 7.07. The van der Waals surface area contributed by atoms with Crippen molar-refractivity contribution in [2.24, 2.45) is 0 Å². The Kier molecular flexibility index (Phi) is 5.97. The Morgan fingerprint density at radius 1 is 1.20 bits per heavy atom. The van der Waals surface area contributed by atoms with Gasteiger partial charge in [-0.2, -0.15) is 0 Å². The molecule has 25 heavy (non-hydrogen) atoms. The van der Waals surface area contributed by atoms with Crippen LogP contribution in [0.1, 0.15) is 52.7 Å². The van der Waals surface area contributed by atoms with E-state index in [9.17, 15) is 13.2 Å². The molecule has 0 fully saturated rings. The van der Waals surface area contributed by atoms with Gasteiger partial charge in [0, 0.05) is 12.5 Å². The quantitative estimate of drug-likeness (QED) is 0.782. The van der Waals surface area contributed by atoms with E-state index in [2.05, 4.69) is 15.2 Å². The van der Waals surface area contributed by atoms with Gasteiger partial charge in [-0.05, 0) is 25.1 Å². The lowest BCUT2D eigenvalue weighted by Gasteiger charge is -2.08. The number of nitrogens with zero attached hydrogens (tertiary/aromatic N) is 1. The van der Waals surface area contributed by atoms with Gasteiger partial charge in [-0.25, -0.2) is 13.1 Å². The molecule has 0 aliphatic rings. The third-order valence-corrected chi connectivity index (χ3v) is 5.12. The number of sulfonamides is 1. The Morgan fingerprint density at radius 3 is 2.36 bits per heavy atom. The Hall–Kier alpha value is -2.19. The summed E-state index contributed by atoms with van der Waals surface area (Å²) in [6.07, 6.45) is 0. The Labute approximate surface area is 147 Å². The molecule has 0 saturated carbocycles. The number of hydrogen-bond acceptors (Lipinski definition) is 5. The molecule has 1 aromatic heterocycles. The monoisotopic (exact) mass is 365 g/mol. The van der Waals surface area contributed by atoms with Crippen LogP contribution in [0.4, 0.5) is 0 Å². The summed E-state index contributed by atoms with van der Waals surface area (Å²) in [5.74, 6) is 0.329. The Balaban J connectivity index is 2.02. The highest BCUT2D eigenvalue weighted by Crippen LogP contribution is 2.22. The van der Waals surface area contributed by atoms with Crippen molar-refractivity contribution in [3.63, 3.8) is 0 Å². The summed E-state index contributed by atoms with van der Waals surface area (Å²) in [4.78, 5) is 12.4. The smallest absolute Gasteiger partial charge is 0.257 e. The molecule has 0 bridgehead atoms. The van der Waals surface area contributed by atoms with E-state index in [-0.39, 0.29) is 17.6 Å². The number of carbonyl (C=O) groups excluding carboxylic acids is 1. The Morgan fingerprint density at radius 2 is 1.80 bits per heavy atom. The van der Waals surface area contributed by atoms with E-state index >= 15 is 0 Å². The van der Waals surface area contributed by atoms with E-state index in [4.69, 9.17) is 4.52 Å². The van der Waals surface area contributed by atoms with Gasteiger partial charge >= 0.3 is 0 Å². The van der Waals surface area contributed by atoms with Crippen LogP contribution in [-0.2, 0) is 22.3 Å². The van der Waals surface area contributed by atoms with Crippen LogP contribution in [0.5, 0.6) is 0 Å². The first-order valence-electron chi connectivity index (χ1n) is 7.97. The number of amides is 1. The lowest BCUT2D eigenvalue weighted by Crippen LogP contribution is -2.24. The number of aryl methyl sites for hydroxylation is 1. The zero-order chi connectivity index (χ0) is 18.6. The van der Waals surface area contributed by atoms with Gasteiger partial charge in [0.1, 0.15) is 5.56 Å². The first-order chi connectivity index (χ1) is 11.7. The maximum Gasteiger partial charge on any atom is 0.257 e. The van der Waals surface area contributed by atoms with Crippen molar-refractivity contribution in [3.05, 3.63) is 52.4 Å². The van der Waals surface area contributed by atoms with Gasteiger partial charge in [-0.3, -0.25) is 4.79 Å². The molecule has 1 heterocycles. The number of aromatic nitrogens is 1. The molecular weight excluding hydrogens is 342 g/mol. The van der Waals surface area contributed by atoms with Crippen LogP contribution >= 0.6 is 0 Å². The summed E-state index contributed by atoms with van der Waals surface area (Å²) >= 11 is 0. The molecule has 136 valence electrons. The molecule has 2 N–H and O–H groups in total. The van der Waals surface area contributed by atoms with Gasteiger partial charge in [-0.15, -0.1) is 0 Å². The highest BCUT2D eigenvalue weighted by molar-refractivity contribution is 7.88. The van der Waals surface area contributed by atoms with Gasteiger partial charge in [-0.1, -0.05) is 43.3 Å². The molecule has 2 rings (SSSR count). The standard InChI is InChI=1S/C17H23N3O4S/c1-11(2)16-15(12(3)20-24-16)17(21)19-9-13-5-7-14(8-6-13)10-25(22,23)18-4/h5-8,11,18H,9-10H2,1-4H3,(H,19,21). The van der Waals surface area contributed by atoms with Crippen molar-refractivity contribution in [1.82, 2.24) is 15.2 Å². The van der Waals surface area contributed by atoms with Crippen LogP contribution in [-0.4, -0.2) is 26.5 Å². The summed E-state index contributed by atoms with van der Waals surface area (Å²) in [5, 5.41) is 6.72. The first kappa shape index (κ1) is 19.1. The minimum Gasteiger partial charge on any atom is -0.360 e. The van der Waals surface area contributed by atoms with Crippen LogP contribution in [0.15, 0.2) is 28.8 Å². The molecule has 0 saturated heterocycles. The molecule has 0 radical (unpaired) electrons. The maximum absolute atomic E-state index is 12.4. The average molecular weight is 365 g/mol. The molecule has 1 amide bonds. The number of rotatable bonds is 7. The van der Waals surface area contributed by atoms with Crippen molar-refractivity contribution in [3.8, 4) is 0 Å². The number of hydrogen-bond donors (Lipinski definition) is 2. The van der Waals surface area contributed by atoms with Crippen LogP contribution in [0.3, 0.4) is 0 Å². The largest absolute Gasteiger partial charge is 0.360 e. The fourth-order valence-electron chi connectivity index (χ4n) is 2.37. The van der Waals surface area contributed by atoms with E-state index in [0.717, 1.165) is 5.56 Å². The van der Waals surface area contributed by atoms with Crippen LogP contribution in [0.25, 0.3) is 0 Å². The summed E-state index contributed by atoms with van der Waals surface area (Å²) in [6.45, 7) is 5.95. The lowest BCUT2D eigenvalue weighted by molar-refractivity contribution is 0.0948. The molecule has 1 aromatic carbocycles. The number of nitrogens with one attached hydrogen (secondary N) is 2. The van der Waals surface area contributed by atoms with Crippen molar-refractivity contribution in [2.75, 3.05) is 7.05 Å². The minimum atomic E-state index is -3.30. The SMILES string of the molecule is CNS(=O)(=O)Cc1ccc(CNC(=O)c2c(C)noc2C(C)C)cc1. The first-order valence-corrected chi connectivity index (χ1v) is 9.62. The van der Waals surface area contributed by atoms with Crippen LogP contribution in [0.2, 0.25) is 0 Å². The van der Waals surface area contributed by atoms with Gasteiger partial charge in [0.05, 0.1) is 11.4 Å². The predicted octanol–water partition coefficient (Wildman–Crippen LogP) is 2.09. The Bertz CT molecular complexity index is 839. The van der Waals surface area contributed by atoms with Gasteiger partial charge in [0.15, 0.2) is 5.76 Å². The third kappa shape index (κ3) is 4.90. The average Bonchev–Trinajstić information content (AvgIpc) is 2.95. The molecule has 0 atom stereocenters. The van der Waals surface area contributed by atoms with E-state index in [0.29, 0.717) is 29.1 Å². The zero-order valence-electron chi connectivity index (χ0n) is 14.8. The fourth-order valence-corrected chi connectivity index (χ4v) is 3.15. The molecule has 0 spiro atoms. The minimum absolute atomic E-state index is 0.0651. The van der Waals surface area contributed by atoms with Crippen molar-refractivity contribution in [1.29, 1.82) is 0 Å². The molecule has 8 heteroatoms. The summed E-state index contributed by atoms with van der Waals surface area (Å²) in [5.41, 5.74) is 2.60. The second-order valence-corrected chi connectivity index (χ2v) is 8.05. The van der Waals surface area contributed by atoms with Gasteiger partial charge in [0.25, 0.3) is 5.91 Å². The van der Waals surface area contributed by atoms with E-state index in [1.54, 1.807) is 31.2 Å². The number of benzene rings is 1. The molecule has 0 aliphatic heterocycles. The van der Waals surface area contributed by atoms with Gasteiger partial charge in [0.2, 0.25) is 10.0 Å². The lowest BCUT2D eigenvalue weighted by atomic mass is 10.0. The van der Waals surface area contributed by atoms with Crippen molar-refractivity contribution < 1.29 is 17.7 Å². The van der Waals surface area contributed by atoms with E-state index < -0.39 is 10.0 Å². The fraction of sp³-hybridized carbons (Fsp3) is 0.412. The predicted molar refractivity (Wildman–Crippen MR) is 94.6 cm³/mol. The number of carbonyl (C=O) groups is 1. The summed E-state index contributed by atoms with van der Waals surface area (Å²) in [7, 11) is -1.91. The zero-order valence-corrected chi connectivity index (χ0v) is 15.6. The topological polar surface area (TPSA) is 101 Å². The van der Waals surface area contributed by atoms with Crippen molar-refractivity contribution >= 4 is 15.9 Å². The molecule has 0 unspecified atom stereocenters. The molecule has 0 aliphatic carbocycles. The van der Waals surface area contributed by atoms with Crippen LogP contribution < -0.4 is 10.0 Å².